The van der Waals surface area contributed by atoms with Crippen molar-refractivity contribution in [3.8, 4) is 0 Å². The summed E-state index contributed by atoms with van der Waals surface area (Å²) in [6.07, 6.45) is -9.94. The first-order chi connectivity index (χ1) is 8.71. The zero-order valence-corrected chi connectivity index (χ0v) is 10.5. The van der Waals surface area contributed by atoms with Gasteiger partial charge in [-0.05, 0) is 25.0 Å². The van der Waals surface area contributed by atoms with Gasteiger partial charge in [0.25, 0.3) is 0 Å². The third-order valence-electron chi connectivity index (χ3n) is 3.11. The highest BCUT2D eigenvalue weighted by atomic mass is 19.4. The molecule has 1 rings (SSSR count). The lowest BCUT2D eigenvalue weighted by Gasteiger charge is -2.29. The molecule has 2 N–H and O–H groups in total. The Hall–Kier alpha value is -1.28. The second-order valence-corrected chi connectivity index (χ2v) is 4.72. The van der Waals surface area contributed by atoms with E-state index in [0.717, 1.165) is 0 Å². The third-order valence-corrected chi connectivity index (χ3v) is 3.11. The largest absolute Gasteiger partial charge is 0.421 e. The molecule has 0 bridgehead atoms. The Morgan fingerprint density at radius 3 is 1.00 bits per heavy atom. The highest BCUT2D eigenvalue weighted by Crippen LogP contribution is 2.41. The van der Waals surface area contributed by atoms with Crippen LogP contribution in [0.3, 0.4) is 0 Å². The van der Waals surface area contributed by atoms with Crippen molar-refractivity contribution in [3.05, 3.63) is 35.4 Å². The van der Waals surface area contributed by atoms with E-state index in [1.807, 2.05) is 0 Å². The van der Waals surface area contributed by atoms with Crippen LogP contribution >= 0.6 is 0 Å². The molecular formula is C12H12F6O2. The van der Waals surface area contributed by atoms with Crippen molar-refractivity contribution in [1.82, 2.24) is 0 Å². The Labute approximate surface area is 110 Å². The van der Waals surface area contributed by atoms with Crippen LogP contribution in [0.25, 0.3) is 0 Å². The number of alkyl halides is 6. The molecule has 0 aliphatic rings. The molecule has 0 fully saturated rings. The number of aliphatic hydroxyl groups is 2. The summed E-state index contributed by atoms with van der Waals surface area (Å²) in [5, 5.41) is 18.7. The van der Waals surface area contributed by atoms with Gasteiger partial charge in [-0.15, -0.1) is 0 Å². The van der Waals surface area contributed by atoms with E-state index in [4.69, 9.17) is 0 Å². The number of hydrogen-bond acceptors (Lipinski definition) is 2. The molecule has 0 radical (unpaired) electrons. The van der Waals surface area contributed by atoms with Crippen molar-refractivity contribution < 1.29 is 36.6 Å². The van der Waals surface area contributed by atoms with Crippen LogP contribution < -0.4 is 0 Å². The molecule has 20 heavy (non-hydrogen) atoms. The summed E-state index contributed by atoms with van der Waals surface area (Å²) in [5.74, 6) is 0. The van der Waals surface area contributed by atoms with Gasteiger partial charge in [0.05, 0.1) is 0 Å². The Bertz CT molecular complexity index is 425. The van der Waals surface area contributed by atoms with E-state index in [1.165, 1.54) is 0 Å². The van der Waals surface area contributed by atoms with E-state index < -0.39 is 34.7 Å². The molecule has 114 valence electrons. The molecule has 0 aliphatic carbocycles. The molecule has 0 aliphatic heterocycles. The van der Waals surface area contributed by atoms with Gasteiger partial charge in [0.2, 0.25) is 0 Å². The molecule has 8 heteroatoms. The van der Waals surface area contributed by atoms with E-state index >= 15 is 0 Å². The fourth-order valence-corrected chi connectivity index (χ4v) is 1.45. The van der Waals surface area contributed by atoms with Gasteiger partial charge >= 0.3 is 12.4 Å². The molecule has 2 atom stereocenters. The van der Waals surface area contributed by atoms with E-state index in [0.29, 0.717) is 38.1 Å². The summed E-state index contributed by atoms with van der Waals surface area (Å²) in [4.78, 5) is 0. The van der Waals surface area contributed by atoms with E-state index in [1.54, 1.807) is 0 Å². The van der Waals surface area contributed by atoms with Crippen LogP contribution in [-0.2, 0) is 11.2 Å². The van der Waals surface area contributed by atoms with Crippen LogP contribution in [0.4, 0.5) is 26.3 Å². The standard InChI is InChI=1S/C12H12F6O2/c1-9(19,11(13,14)15)7-3-5-8(6-4-7)10(2,20)12(16,17)18/h3-6,19-20H,1-2H3. The normalized spacial score (nSPS) is 19.3. The quantitative estimate of drug-likeness (QED) is 0.824. The minimum absolute atomic E-state index is 0.490. The smallest absolute Gasteiger partial charge is 0.376 e. The molecular weight excluding hydrogens is 290 g/mol. The average molecular weight is 302 g/mol. The predicted octanol–water partition coefficient (Wildman–Crippen LogP) is 3.23. The van der Waals surface area contributed by atoms with Crippen LogP contribution in [0.5, 0.6) is 0 Å². The lowest BCUT2D eigenvalue weighted by molar-refractivity contribution is -0.260. The molecule has 0 saturated carbocycles. The van der Waals surface area contributed by atoms with Gasteiger partial charge in [0, 0.05) is 0 Å². The highest BCUT2D eigenvalue weighted by Gasteiger charge is 2.53. The van der Waals surface area contributed by atoms with Crippen LogP contribution in [0, 0.1) is 0 Å². The van der Waals surface area contributed by atoms with Gasteiger partial charge in [-0.2, -0.15) is 26.3 Å². The third kappa shape index (κ3) is 2.76. The zero-order valence-electron chi connectivity index (χ0n) is 10.5. The molecule has 0 heterocycles. The second kappa shape index (κ2) is 4.63. The van der Waals surface area contributed by atoms with Crippen molar-refractivity contribution in [2.45, 2.75) is 37.4 Å². The summed E-state index contributed by atoms with van der Waals surface area (Å²) in [6.45, 7) is 0.980. The summed E-state index contributed by atoms with van der Waals surface area (Å²) in [7, 11) is 0. The van der Waals surface area contributed by atoms with Crippen molar-refractivity contribution in [2.24, 2.45) is 0 Å². The minimum Gasteiger partial charge on any atom is -0.376 e. The van der Waals surface area contributed by atoms with Crippen LogP contribution in [0.1, 0.15) is 25.0 Å². The molecule has 0 saturated heterocycles. The van der Waals surface area contributed by atoms with E-state index in [9.17, 15) is 36.6 Å². The first-order valence-corrected chi connectivity index (χ1v) is 5.40. The SMILES string of the molecule is CC(O)(c1ccc(C(C)(O)C(F)(F)F)cc1)C(F)(F)F. The van der Waals surface area contributed by atoms with Gasteiger partial charge in [0.1, 0.15) is 0 Å². The topological polar surface area (TPSA) is 40.5 Å². The molecule has 2 nitrogen and oxygen atoms in total. The average Bonchev–Trinajstić information content (AvgIpc) is 2.26. The number of halogens is 6. The van der Waals surface area contributed by atoms with Crippen LogP contribution in [-0.4, -0.2) is 22.6 Å². The lowest BCUT2D eigenvalue weighted by atomic mass is 9.90. The second-order valence-electron chi connectivity index (χ2n) is 4.72. The Kier molecular flexibility index (Phi) is 3.88. The van der Waals surface area contributed by atoms with Crippen molar-refractivity contribution in [1.29, 1.82) is 0 Å². The van der Waals surface area contributed by atoms with Gasteiger partial charge in [0.15, 0.2) is 11.2 Å². The van der Waals surface area contributed by atoms with Crippen molar-refractivity contribution >= 4 is 0 Å². The zero-order chi connectivity index (χ0) is 16.0. The maximum Gasteiger partial charge on any atom is 0.421 e. The summed E-state index contributed by atoms with van der Waals surface area (Å²) < 4.78 is 75.4. The first-order valence-electron chi connectivity index (χ1n) is 5.40. The molecule has 0 amide bonds. The molecule has 0 spiro atoms. The molecule has 2 unspecified atom stereocenters. The maximum absolute atomic E-state index is 12.6. The number of benzene rings is 1. The van der Waals surface area contributed by atoms with E-state index in [2.05, 4.69) is 0 Å². The van der Waals surface area contributed by atoms with Gasteiger partial charge in [-0.1, -0.05) is 24.3 Å². The monoisotopic (exact) mass is 302 g/mol. The fraction of sp³-hybridized carbons (Fsp3) is 0.500. The Balaban J connectivity index is 3.20. The number of hydrogen-bond donors (Lipinski definition) is 2. The predicted molar refractivity (Wildman–Crippen MR) is 57.7 cm³/mol. The maximum atomic E-state index is 12.6. The fourth-order valence-electron chi connectivity index (χ4n) is 1.45. The first kappa shape index (κ1) is 16.8. The Morgan fingerprint density at radius 2 is 0.850 bits per heavy atom. The minimum atomic E-state index is -4.97. The van der Waals surface area contributed by atoms with Crippen molar-refractivity contribution in [3.63, 3.8) is 0 Å². The molecule has 1 aromatic rings. The summed E-state index contributed by atoms with van der Waals surface area (Å²) in [6, 6.07) is 2.79. The van der Waals surface area contributed by atoms with Crippen molar-refractivity contribution in [2.75, 3.05) is 0 Å². The molecule has 0 aromatic heterocycles. The highest BCUT2D eigenvalue weighted by molar-refractivity contribution is 5.31. The van der Waals surface area contributed by atoms with Gasteiger partial charge < -0.3 is 10.2 Å². The summed E-state index contributed by atoms with van der Waals surface area (Å²) in [5.41, 5.74) is -7.61. The van der Waals surface area contributed by atoms with Crippen LogP contribution in [0.15, 0.2) is 24.3 Å². The van der Waals surface area contributed by atoms with Gasteiger partial charge in [-0.3, -0.25) is 0 Å². The summed E-state index contributed by atoms with van der Waals surface area (Å²) >= 11 is 0. The van der Waals surface area contributed by atoms with E-state index in [-0.39, 0.29) is 0 Å². The number of rotatable bonds is 2. The van der Waals surface area contributed by atoms with Gasteiger partial charge in [-0.25, -0.2) is 0 Å². The molecule has 1 aromatic carbocycles. The van der Waals surface area contributed by atoms with Crippen LogP contribution in [0.2, 0.25) is 0 Å². The Morgan fingerprint density at radius 1 is 0.650 bits per heavy atom. The lowest BCUT2D eigenvalue weighted by Crippen LogP contribution is -2.40.